The van der Waals surface area contributed by atoms with Crippen molar-refractivity contribution in [3.63, 3.8) is 0 Å². The van der Waals surface area contributed by atoms with E-state index in [0.717, 1.165) is 0 Å². The van der Waals surface area contributed by atoms with Gasteiger partial charge < -0.3 is 33.2 Å². The largest absolute Gasteiger partial charge is 0.468 e. The van der Waals surface area contributed by atoms with Gasteiger partial charge in [0.05, 0.1) is 33.5 Å². The van der Waals surface area contributed by atoms with Gasteiger partial charge in [0.25, 0.3) is 0 Å². The Bertz CT molecular complexity index is 573. The molecule has 10 nitrogen and oxygen atoms in total. The van der Waals surface area contributed by atoms with Crippen LogP contribution in [0.5, 0.6) is 0 Å². The molecule has 2 unspecified atom stereocenters. The first-order chi connectivity index (χ1) is 14.5. The van der Waals surface area contributed by atoms with Gasteiger partial charge in [-0.25, -0.2) is 0 Å². The zero-order valence-electron chi connectivity index (χ0n) is 20.0. The van der Waals surface area contributed by atoms with Crippen LogP contribution in [0.25, 0.3) is 0 Å². The maximum absolute atomic E-state index is 12.7. The maximum atomic E-state index is 12.7. The van der Waals surface area contributed by atoms with Gasteiger partial charge in [0.2, 0.25) is 0 Å². The minimum absolute atomic E-state index is 0.0659. The Hall–Kier alpha value is -1.75. The molecule has 0 heterocycles. The van der Waals surface area contributed by atoms with Gasteiger partial charge in [-0.15, -0.1) is 0 Å². The summed E-state index contributed by atoms with van der Waals surface area (Å²) in [5.41, 5.74) is -3.54. The van der Waals surface area contributed by atoms with Crippen molar-refractivity contribution in [2.24, 2.45) is 16.2 Å². The predicted molar refractivity (Wildman–Crippen MR) is 110 cm³/mol. The normalized spacial score (nSPS) is 15.5. The Morgan fingerprint density at radius 3 is 1.26 bits per heavy atom. The van der Waals surface area contributed by atoms with E-state index < -0.39 is 34.2 Å². The van der Waals surface area contributed by atoms with Crippen LogP contribution < -0.4 is 0 Å². The number of hydrogen-bond acceptors (Lipinski definition) is 10. The van der Waals surface area contributed by atoms with E-state index in [1.165, 1.54) is 35.4 Å². The zero-order chi connectivity index (χ0) is 24.1. The molecule has 0 aliphatic rings. The summed E-state index contributed by atoms with van der Waals surface area (Å²) in [5.74, 6) is -1.90. The molecule has 0 radical (unpaired) electrons. The smallest absolute Gasteiger partial charge is 0.318 e. The summed E-state index contributed by atoms with van der Waals surface area (Å²) in [6.07, 6.45) is 0. The highest BCUT2D eigenvalue weighted by Crippen LogP contribution is 2.26. The topological polar surface area (TPSA) is 116 Å². The van der Waals surface area contributed by atoms with Gasteiger partial charge in [0.15, 0.2) is 0 Å². The van der Waals surface area contributed by atoms with E-state index in [2.05, 4.69) is 0 Å². The summed E-state index contributed by atoms with van der Waals surface area (Å²) in [5, 5.41) is 0. The molecule has 10 heteroatoms. The molecular weight excluding hydrogens is 412 g/mol. The van der Waals surface area contributed by atoms with E-state index in [0.29, 0.717) is 6.61 Å². The van der Waals surface area contributed by atoms with Gasteiger partial charge in [-0.05, 0) is 27.7 Å². The number of esters is 3. The highest BCUT2D eigenvalue weighted by molar-refractivity contribution is 5.80. The fourth-order valence-corrected chi connectivity index (χ4v) is 2.81. The molecule has 0 N–H and O–H groups in total. The van der Waals surface area contributed by atoms with Crippen molar-refractivity contribution in [1.29, 1.82) is 0 Å². The van der Waals surface area contributed by atoms with E-state index in [4.69, 9.17) is 33.2 Å². The van der Waals surface area contributed by atoms with Crippen LogP contribution in [0.15, 0.2) is 0 Å². The van der Waals surface area contributed by atoms with Crippen molar-refractivity contribution in [3.8, 4) is 0 Å². The molecular formula is C21H38O10. The van der Waals surface area contributed by atoms with Crippen LogP contribution in [0.1, 0.15) is 27.7 Å². The van der Waals surface area contributed by atoms with Crippen molar-refractivity contribution in [1.82, 2.24) is 0 Å². The van der Waals surface area contributed by atoms with Gasteiger partial charge in [0.1, 0.15) is 29.5 Å². The highest BCUT2D eigenvalue weighted by atomic mass is 16.6. The molecule has 0 saturated heterocycles. The SMILES string of the molecule is CCOCC(C)(COC)C(=O)OCC(C)(COC(=O)C(C)(COC)COC)C(=O)OC. The Morgan fingerprint density at radius 1 is 0.581 bits per heavy atom. The van der Waals surface area contributed by atoms with Crippen molar-refractivity contribution in [3.05, 3.63) is 0 Å². The molecule has 0 saturated carbocycles. The maximum Gasteiger partial charge on any atom is 0.318 e. The Labute approximate surface area is 184 Å². The lowest BCUT2D eigenvalue weighted by Gasteiger charge is -2.31. The van der Waals surface area contributed by atoms with E-state index in [-0.39, 0.29) is 39.6 Å². The molecule has 0 aromatic heterocycles. The fraction of sp³-hybridized carbons (Fsp3) is 0.857. The summed E-state index contributed by atoms with van der Waals surface area (Å²) >= 11 is 0. The van der Waals surface area contributed by atoms with Gasteiger partial charge >= 0.3 is 17.9 Å². The molecule has 0 fully saturated rings. The molecule has 0 aliphatic heterocycles. The Kier molecular flexibility index (Phi) is 12.8. The number of methoxy groups -OCH3 is 4. The van der Waals surface area contributed by atoms with E-state index >= 15 is 0 Å². The third-order valence-corrected chi connectivity index (χ3v) is 4.72. The first-order valence-corrected chi connectivity index (χ1v) is 9.96. The number of ether oxygens (including phenoxy) is 7. The lowest BCUT2D eigenvalue weighted by Crippen LogP contribution is -2.46. The van der Waals surface area contributed by atoms with Crippen LogP contribution in [-0.2, 0) is 47.5 Å². The number of rotatable bonds is 16. The van der Waals surface area contributed by atoms with Crippen LogP contribution in [0.3, 0.4) is 0 Å². The summed E-state index contributed by atoms with van der Waals surface area (Å²) in [6, 6.07) is 0. The van der Waals surface area contributed by atoms with Crippen molar-refractivity contribution >= 4 is 17.9 Å². The Morgan fingerprint density at radius 2 is 0.935 bits per heavy atom. The standard InChI is InChI=1S/C21H38O10/c1-9-29-13-20(3,12-27-7)18(24)31-15-21(4,16(22)28-8)14-30-17(23)19(2,10-25-5)11-26-6/h9-15H2,1-8H3. The summed E-state index contributed by atoms with van der Waals surface area (Å²) in [6.45, 7) is 6.56. The summed E-state index contributed by atoms with van der Waals surface area (Å²) < 4.78 is 36.3. The fourth-order valence-electron chi connectivity index (χ4n) is 2.81. The lowest BCUT2D eigenvalue weighted by molar-refractivity contribution is -0.179. The minimum Gasteiger partial charge on any atom is -0.468 e. The molecule has 0 aromatic rings. The van der Waals surface area contributed by atoms with Crippen LogP contribution >= 0.6 is 0 Å². The molecule has 2 atom stereocenters. The molecule has 0 rings (SSSR count). The summed E-state index contributed by atoms with van der Waals surface area (Å²) in [7, 11) is 5.58. The molecule has 182 valence electrons. The first kappa shape index (κ1) is 29.2. The van der Waals surface area contributed by atoms with Crippen molar-refractivity contribution in [2.75, 3.05) is 74.7 Å². The van der Waals surface area contributed by atoms with Gasteiger partial charge in [-0.3, -0.25) is 14.4 Å². The van der Waals surface area contributed by atoms with Crippen LogP contribution in [0.4, 0.5) is 0 Å². The average Bonchev–Trinajstić information content (AvgIpc) is 2.74. The molecule has 0 aromatic carbocycles. The van der Waals surface area contributed by atoms with Crippen molar-refractivity contribution < 1.29 is 47.5 Å². The van der Waals surface area contributed by atoms with E-state index in [1.54, 1.807) is 13.8 Å². The molecule has 0 amide bonds. The molecule has 0 aliphatic carbocycles. The second-order valence-corrected chi connectivity index (χ2v) is 8.26. The Balaban J connectivity index is 5.33. The van der Waals surface area contributed by atoms with Crippen LogP contribution in [-0.4, -0.2) is 92.6 Å². The molecule has 0 spiro atoms. The quantitative estimate of drug-likeness (QED) is 0.251. The summed E-state index contributed by atoms with van der Waals surface area (Å²) in [4.78, 5) is 37.7. The van der Waals surface area contributed by atoms with Gasteiger partial charge in [-0.2, -0.15) is 0 Å². The van der Waals surface area contributed by atoms with Gasteiger partial charge in [-0.1, -0.05) is 0 Å². The lowest BCUT2D eigenvalue weighted by atomic mass is 9.90. The van der Waals surface area contributed by atoms with Crippen LogP contribution in [0.2, 0.25) is 0 Å². The van der Waals surface area contributed by atoms with Gasteiger partial charge in [0, 0.05) is 27.9 Å². The first-order valence-electron chi connectivity index (χ1n) is 9.96. The minimum atomic E-state index is -1.42. The number of carbonyl (C=O) groups excluding carboxylic acids is 3. The van der Waals surface area contributed by atoms with Crippen LogP contribution in [0, 0.1) is 16.2 Å². The van der Waals surface area contributed by atoms with E-state index in [9.17, 15) is 14.4 Å². The number of hydrogen-bond donors (Lipinski definition) is 0. The van der Waals surface area contributed by atoms with E-state index in [1.807, 2.05) is 6.92 Å². The third-order valence-electron chi connectivity index (χ3n) is 4.72. The van der Waals surface area contributed by atoms with Crippen molar-refractivity contribution in [2.45, 2.75) is 27.7 Å². The monoisotopic (exact) mass is 450 g/mol. The second kappa shape index (κ2) is 13.6. The predicted octanol–water partition coefficient (Wildman–Crippen LogP) is 1.24. The molecule has 31 heavy (non-hydrogen) atoms. The third kappa shape index (κ3) is 8.72. The second-order valence-electron chi connectivity index (χ2n) is 8.26. The zero-order valence-corrected chi connectivity index (χ0v) is 20.0. The highest BCUT2D eigenvalue weighted by Gasteiger charge is 2.43. The number of carbonyl (C=O) groups is 3. The average molecular weight is 451 g/mol. The molecule has 0 bridgehead atoms.